The molecule has 39 heavy (non-hydrogen) atoms. The molecule has 0 saturated carbocycles. The molecule has 4 rings (SSSR count). The van der Waals surface area contributed by atoms with Gasteiger partial charge in [-0.2, -0.15) is 0 Å². The third kappa shape index (κ3) is 8.72. The van der Waals surface area contributed by atoms with Gasteiger partial charge in [0.15, 0.2) is 0 Å². The molecule has 11 heteroatoms. The first-order chi connectivity index (χ1) is 18.9. The van der Waals surface area contributed by atoms with Gasteiger partial charge in [0.25, 0.3) is 11.5 Å². The molecule has 3 heterocycles. The molecule has 1 aromatic carbocycles. The van der Waals surface area contributed by atoms with E-state index in [9.17, 15) is 14.4 Å². The molecule has 1 atom stereocenters. The molecule has 2 aromatic heterocycles. The van der Waals surface area contributed by atoms with Crippen molar-refractivity contribution in [1.82, 2.24) is 24.7 Å². The average molecular weight is 553 g/mol. The molecule has 0 bridgehead atoms. The average Bonchev–Trinajstić information content (AvgIpc) is 2.93. The minimum atomic E-state index is -0.561. The monoisotopic (exact) mass is 552 g/mol. The van der Waals surface area contributed by atoms with Crippen LogP contribution >= 0.6 is 11.6 Å². The maximum Gasteiger partial charge on any atom is 0.255 e. The summed E-state index contributed by atoms with van der Waals surface area (Å²) in [4.78, 5) is 46.6. The Morgan fingerprint density at radius 3 is 2.51 bits per heavy atom. The van der Waals surface area contributed by atoms with Gasteiger partial charge >= 0.3 is 0 Å². The molecule has 0 spiro atoms. The van der Waals surface area contributed by atoms with Crippen molar-refractivity contribution in [2.24, 2.45) is 0 Å². The van der Waals surface area contributed by atoms with Crippen molar-refractivity contribution in [3.05, 3.63) is 87.9 Å². The van der Waals surface area contributed by atoms with E-state index in [1.165, 1.54) is 16.8 Å². The molecular formula is C28H33ClN6O4. The summed E-state index contributed by atoms with van der Waals surface area (Å²) in [5, 5.41) is 6.12. The van der Waals surface area contributed by atoms with E-state index in [-0.39, 0.29) is 30.4 Å². The van der Waals surface area contributed by atoms with Gasteiger partial charge in [0.1, 0.15) is 5.82 Å². The van der Waals surface area contributed by atoms with Crippen molar-refractivity contribution in [1.29, 1.82) is 0 Å². The fourth-order valence-corrected chi connectivity index (χ4v) is 4.30. The number of pyridine rings is 2. The number of piperazine rings is 1. The van der Waals surface area contributed by atoms with Gasteiger partial charge in [-0.25, -0.2) is 4.98 Å². The van der Waals surface area contributed by atoms with Crippen LogP contribution in [0.15, 0.2) is 71.8 Å². The molecule has 10 nitrogen and oxygen atoms in total. The second-order valence-corrected chi connectivity index (χ2v) is 9.90. The molecule has 2 amide bonds. The van der Waals surface area contributed by atoms with Crippen LogP contribution in [-0.4, -0.2) is 90.2 Å². The van der Waals surface area contributed by atoms with Gasteiger partial charge in [-0.05, 0) is 49.5 Å². The standard InChI is InChI=1S/C28H33ClN6O4/c1-33-12-14-34(15-13-33)16-17-39-20-23(18-26(36)32-25-10-7-22(29)19-30-25)31-28(38)21-5-8-24(9-6-21)35-11-3-2-4-27(35)37/h2-11,19,23H,12-18,20H2,1H3,(H,31,38)(H,30,32,36). The molecule has 2 N–H and O–H groups in total. The molecule has 206 valence electrons. The van der Waals surface area contributed by atoms with E-state index in [2.05, 4.69) is 32.5 Å². The minimum absolute atomic E-state index is 0.00203. The predicted molar refractivity (Wildman–Crippen MR) is 151 cm³/mol. The maximum atomic E-state index is 13.1. The summed E-state index contributed by atoms with van der Waals surface area (Å²) in [7, 11) is 2.11. The predicted octanol–water partition coefficient (Wildman–Crippen LogP) is 2.28. The van der Waals surface area contributed by atoms with Crippen LogP contribution in [0.25, 0.3) is 5.69 Å². The highest BCUT2D eigenvalue weighted by molar-refractivity contribution is 6.30. The van der Waals surface area contributed by atoms with Crippen molar-refractivity contribution in [2.75, 3.05) is 58.3 Å². The van der Waals surface area contributed by atoms with Gasteiger partial charge in [0, 0.05) is 68.9 Å². The van der Waals surface area contributed by atoms with Crippen LogP contribution in [-0.2, 0) is 9.53 Å². The number of rotatable bonds is 11. The number of likely N-dealkylation sites (N-methyl/N-ethyl adjacent to an activating group) is 1. The topological polar surface area (TPSA) is 109 Å². The Morgan fingerprint density at radius 2 is 1.82 bits per heavy atom. The largest absolute Gasteiger partial charge is 0.378 e. The van der Waals surface area contributed by atoms with Gasteiger partial charge < -0.3 is 20.3 Å². The second-order valence-electron chi connectivity index (χ2n) is 9.46. The number of nitrogens with one attached hydrogen (secondary N) is 2. The summed E-state index contributed by atoms with van der Waals surface area (Å²) in [6.07, 6.45) is 3.12. The molecule has 1 aliphatic heterocycles. The number of ether oxygens (including phenoxy) is 1. The molecule has 0 radical (unpaired) electrons. The highest BCUT2D eigenvalue weighted by Crippen LogP contribution is 2.11. The number of hydrogen-bond acceptors (Lipinski definition) is 7. The Hall–Kier alpha value is -3.57. The summed E-state index contributed by atoms with van der Waals surface area (Å²) < 4.78 is 7.39. The SMILES string of the molecule is CN1CCN(CCOCC(CC(=O)Nc2ccc(Cl)cn2)NC(=O)c2ccc(-n3ccccc3=O)cc2)CC1. The van der Waals surface area contributed by atoms with Gasteiger partial charge in [-0.3, -0.25) is 23.9 Å². The van der Waals surface area contributed by atoms with Crippen LogP contribution in [0.5, 0.6) is 0 Å². The zero-order valence-electron chi connectivity index (χ0n) is 21.9. The lowest BCUT2D eigenvalue weighted by Crippen LogP contribution is -2.46. The minimum Gasteiger partial charge on any atom is -0.378 e. The van der Waals surface area contributed by atoms with Crippen LogP contribution < -0.4 is 16.2 Å². The van der Waals surface area contributed by atoms with Crippen LogP contribution in [0, 0.1) is 0 Å². The van der Waals surface area contributed by atoms with Gasteiger partial charge in [0.05, 0.1) is 24.3 Å². The number of carbonyl (C=O) groups is 2. The molecule has 0 aliphatic carbocycles. The summed E-state index contributed by atoms with van der Waals surface area (Å²) in [5.74, 6) is -0.277. The number of nitrogens with zero attached hydrogens (tertiary/aromatic N) is 4. The Balaban J connectivity index is 1.36. The lowest BCUT2D eigenvalue weighted by molar-refractivity contribution is -0.117. The fraction of sp³-hybridized carbons (Fsp3) is 0.357. The van der Waals surface area contributed by atoms with Crippen molar-refractivity contribution >= 4 is 29.2 Å². The van der Waals surface area contributed by atoms with Crippen LogP contribution in [0.1, 0.15) is 16.8 Å². The van der Waals surface area contributed by atoms with E-state index in [4.69, 9.17) is 16.3 Å². The van der Waals surface area contributed by atoms with Crippen LogP contribution in [0.4, 0.5) is 5.82 Å². The summed E-state index contributed by atoms with van der Waals surface area (Å²) in [5.41, 5.74) is 0.894. The lowest BCUT2D eigenvalue weighted by atomic mass is 10.1. The first-order valence-electron chi connectivity index (χ1n) is 12.9. The Morgan fingerprint density at radius 1 is 1.05 bits per heavy atom. The zero-order valence-corrected chi connectivity index (χ0v) is 22.6. The molecule has 1 unspecified atom stereocenters. The fourth-order valence-electron chi connectivity index (χ4n) is 4.19. The Bertz CT molecular complexity index is 1290. The number of aromatic nitrogens is 2. The molecule has 1 saturated heterocycles. The number of anilines is 1. The van der Waals surface area contributed by atoms with E-state index in [1.807, 2.05) is 0 Å². The molecule has 1 aliphatic rings. The maximum absolute atomic E-state index is 13.1. The Kier molecular flexibility index (Phi) is 10.2. The smallest absolute Gasteiger partial charge is 0.255 e. The van der Waals surface area contributed by atoms with E-state index >= 15 is 0 Å². The van der Waals surface area contributed by atoms with Crippen LogP contribution in [0.3, 0.4) is 0 Å². The van der Waals surface area contributed by atoms with E-state index in [0.717, 1.165) is 32.7 Å². The third-order valence-corrected chi connectivity index (χ3v) is 6.68. The summed E-state index contributed by atoms with van der Waals surface area (Å²) >= 11 is 5.87. The van der Waals surface area contributed by atoms with Crippen molar-refractivity contribution in [3.63, 3.8) is 0 Å². The van der Waals surface area contributed by atoms with Gasteiger partial charge in [-0.1, -0.05) is 17.7 Å². The van der Waals surface area contributed by atoms with Crippen LogP contribution in [0.2, 0.25) is 5.02 Å². The number of carbonyl (C=O) groups excluding carboxylic acids is 2. The van der Waals surface area contributed by atoms with Crippen molar-refractivity contribution in [3.8, 4) is 5.69 Å². The molecule has 3 aromatic rings. The van der Waals surface area contributed by atoms with Gasteiger partial charge in [-0.15, -0.1) is 0 Å². The first kappa shape index (κ1) is 28.4. The molecule has 1 fully saturated rings. The highest BCUT2D eigenvalue weighted by atomic mass is 35.5. The summed E-state index contributed by atoms with van der Waals surface area (Å²) in [6, 6.07) is 14.3. The molecular weight excluding hydrogens is 520 g/mol. The number of hydrogen-bond donors (Lipinski definition) is 2. The second kappa shape index (κ2) is 14.0. The van der Waals surface area contributed by atoms with Gasteiger partial charge in [0.2, 0.25) is 5.91 Å². The van der Waals surface area contributed by atoms with E-state index in [1.54, 1.807) is 54.7 Å². The normalized spacial score (nSPS) is 15.0. The number of benzene rings is 1. The Labute approximate surface area is 232 Å². The van der Waals surface area contributed by atoms with E-state index in [0.29, 0.717) is 28.7 Å². The zero-order chi connectivity index (χ0) is 27.6. The van der Waals surface area contributed by atoms with Crippen molar-refractivity contribution < 1.29 is 14.3 Å². The quantitative estimate of drug-likeness (QED) is 0.351. The van der Waals surface area contributed by atoms with E-state index < -0.39 is 6.04 Å². The summed E-state index contributed by atoms with van der Waals surface area (Å²) in [6.45, 7) is 5.49. The van der Waals surface area contributed by atoms with Crippen molar-refractivity contribution in [2.45, 2.75) is 12.5 Å². The third-order valence-electron chi connectivity index (χ3n) is 6.46. The highest BCUT2D eigenvalue weighted by Gasteiger charge is 2.19. The first-order valence-corrected chi connectivity index (χ1v) is 13.2. The lowest BCUT2D eigenvalue weighted by Gasteiger charge is -2.32. The number of amides is 2. The number of halogens is 1.